The van der Waals surface area contributed by atoms with Crippen molar-refractivity contribution >= 4 is 15.9 Å². The van der Waals surface area contributed by atoms with Crippen molar-refractivity contribution in [3.05, 3.63) is 71.3 Å². The Bertz CT molecular complexity index is 545. The third-order valence-corrected chi connectivity index (χ3v) is 3.41. The summed E-state index contributed by atoms with van der Waals surface area (Å²) in [5, 5.41) is 0.808. The van der Waals surface area contributed by atoms with E-state index in [0.717, 1.165) is 24.5 Å². The standard InChI is InChI=1S/C16H16BrF2N/c17-8-9-20(11-13-4-2-1-3-5-13)12-14-6-7-15(18)10-16(14)19/h1-7,10H,8-9,11-12H2. The van der Waals surface area contributed by atoms with Crippen LogP contribution in [0.15, 0.2) is 48.5 Å². The maximum absolute atomic E-state index is 13.7. The minimum absolute atomic E-state index is 0.465. The van der Waals surface area contributed by atoms with Gasteiger partial charge in [-0.3, -0.25) is 4.90 Å². The van der Waals surface area contributed by atoms with Gasteiger partial charge in [-0.1, -0.05) is 52.3 Å². The van der Waals surface area contributed by atoms with Crippen molar-refractivity contribution in [1.82, 2.24) is 4.90 Å². The highest BCUT2D eigenvalue weighted by atomic mass is 79.9. The van der Waals surface area contributed by atoms with Crippen LogP contribution in [0.3, 0.4) is 0 Å². The van der Waals surface area contributed by atoms with Crippen LogP contribution in [0, 0.1) is 11.6 Å². The normalized spacial score (nSPS) is 11.0. The molecular formula is C16H16BrF2N. The van der Waals surface area contributed by atoms with Crippen LogP contribution in [0.5, 0.6) is 0 Å². The molecule has 0 bridgehead atoms. The van der Waals surface area contributed by atoms with E-state index in [0.29, 0.717) is 12.1 Å². The molecule has 0 amide bonds. The van der Waals surface area contributed by atoms with Crippen LogP contribution in [-0.4, -0.2) is 16.8 Å². The first-order valence-electron chi connectivity index (χ1n) is 6.45. The van der Waals surface area contributed by atoms with E-state index in [2.05, 4.69) is 20.8 Å². The number of halogens is 3. The minimum atomic E-state index is -0.540. The molecule has 0 aliphatic heterocycles. The molecule has 0 radical (unpaired) electrons. The Morgan fingerprint density at radius 2 is 1.70 bits per heavy atom. The average molecular weight is 340 g/mol. The number of hydrogen-bond acceptors (Lipinski definition) is 1. The second kappa shape index (κ2) is 7.50. The maximum atomic E-state index is 13.7. The Labute approximate surface area is 126 Å². The molecule has 0 unspecified atom stereocenters. The van der Waals surface area contributed by atoms with Gasteiger partial charge in [0.15, 0.2) is 0 Å². The second-order valence-electron chi connectivity index (χ2n) is 4.62. The first-order chi connectivity index (χ1) is 9.69. The largest absolute Gasteiger partial charge is 0.294 e. The molecule has 0 fully saturated rings. The fourth-order valence-electron chi connectivity index (χ4n) is 2.07. The van der Waals surface area contributed by atoms with Gasteiger partial charge < -0.3 is 0 Å². The van der Waals surface area contributed by atoms with E-state index in [-0.39, 0.29) is 0 Å². The third kappa shape index (κ3) is 4.39. The van der Waals surface area contributed by atoms with Crippen LogP contribution in [0.1, 0.15) is 11.1 Å². The van der Waals surface area contributed by atoms with Crippen molar-refractivity contribution in [2.75, 3.05) is 11.9 Å². The monoisotopic (exact) mass is 339 g/mol. The van der Waals surface area contributed by atoms with Crippen LogP contribution in [0.25, 0.3) is 0 Å². The Morgan fingerprint density at radius 1 is 0.950 bits per heavy atom. The predicted octanol–water partition coefficient (Wildman–Crippen LogP) is 4.36. The summed E-state index contributed by atoms with van der Waals surface area (Å²) in [6.45, 7) is 2.00. The summed E-state index contributed by atoms with van der Waals surface area (Å²) in [4.78, 5) is 2.13. The van der Waals surface area contributed by atoms with E-state index in [1.54, 1.807) is 0 Å². The van der Waals surface area contributed by atoms with Crippen LogP contribution in [0.4, 0.5) is 8.78 Å². The molecule has 0 saturated heterocycles. The molecule has 0 saturated carbocycles. The summed E-state index contributed by atoms with van der Waals surface area (Å²) >= 11 is 3.41. The highest BCUT2D eigenvalue weighted by Crippen LogP contribution is 2.14. The van der Waals surface area contributed by atoms with E-state index in [9.17, 15) is 8.78 Å². The minimum Gasteiger partial charge on any atom is -0.294 e. The van der Waals surface area contributed by atoms with Gasteiger partial charge in [0.2, 0.25) is 0 Å². The molecule has 106 valence electrons. The van der Waals surface area contributed by atoms with Crippen LogP contribution in [-0.2, 0) is 13.1 Å². The number of nitrogens with zero attached hydrogens (tertiary/aromatic N) is 1. The van der Waals surface area contributed by atoms with Gasteiger partial charge in [0, 0.05) is 36.6 Å². The predicted molar refractivity (Wildman–Crippen MR) is 80.7 cm³/mol. The molecule has 0 aliphatic rings. The zero-order valence-corrected chi connectivity index (χ0v) is 12.6. The molecule has 0 spiro atoms. The lowest BCUT2D eigenvalue weighted by atomic mass is 10.1. The van der Waals surface area contributed by atoms with Gasteiger partial charge in [0.1, 0.15) is 11.6 Å². The van der Waals surface area contributed by atoms with Gasteiger partial charge in [-0.05, 0) is 11.6 Å². The molecule has 2 aromatic rings. The molecule has 0 atom stereocenters. The van der Waals surface area contributed by atoms with Gasteiger partial charge in [-0.25, -0.2) is 8.78 Å². The first-order valence-corrected chi connectivity index (χ1v) is 7.57. The van der Waals surface area contributed by atoms with Crippen LogP contribution < -0.4 is 0 Å². The van der Waals surface area contributed by atoms with Crippen molar-refractivity contribution in [3.63, 3.8) is 0 Å². The van der Waals surface area contributed by atoms with E-state index >= 15 is 0 Å². The van der Waals surface area contributed by atoms with E-state index < -0.39 is 11.6 Å². The number of benzene rings is 2. The molecule has 0 N–H and O–H groups in total. The van der Waals surface area contributed by atoms with Crippen LogP contribution >= 0.6 is 15.9 Å². The summed E-state index contributed by atoms with van der Waals surface area (Å²) in [7, 11) is 0. The first kappa shape index (κ1) is 15.1. The summed E-state index contributed by atoms with van der Waals surface area (Å²) in [5.41, 5.74) is 1.69. The zero-order valence-electron chi connectivity index (χ0n) is 11.0. The highest BCUT2D eigenvalue weighted by molar-refractivity contribution is 9.09. The molecule has 4 heteroatoms. The van der Waals surface area contributed by atoms with Crippen molar-refractivity contribution < 1.29 is 8.78 Å². The lowest BCUT2D eigenvalue weighted by molar-refractivity contribution is 0.270. The molecule has 20 heavy (non-hydrogen) atoms. The van der Waals surface area contributed by atoms with E-state index in [4.69, 9.17) is 0 Å². The van der Waals surface area contributed by atoms with Gasteiger partial charge in [0.25, 0.3) is 0 Å². The van der Waals surface area contributed by atoms with Crippen molar-refractivity contribution in [3.8, 4) is 0 Å². The van der Waals surface area contributed by atoms with Gasteiger partial charge in [-0.2, -0.15) is 0 Å². The SMILES string of the molecule is Fc1ccc(CN(CCBr)Cc2ccccc2)c(F)c1. The lowest BCUT2D eigenvalue weighted by Crippen LogP contribution is -2.25. The van der Waals surface area contributed by atoms with Gasteiger partial charge in [0.05, 0.1) is 0 Å². The molecule has 0 aliphatic carbocycles. The lowest BCUT2D eigenvalue weighted by Gasteiger charge is -2.21. The Hall–Kier alpha value is -1.26. The number of rotatable bonds is 6. The maximum Gasteiger partial charge on any atom is 0.130 e. The van der Waals surface area contributed by atoms with Crippen molar-refractivity contribution in [2.45, 2.75) is 13.1 Å². The summed E-state index contributed by atoms with van der Waals surface area (Å²) < 4.78 is 26.6. The fourth-order valence-corrected chi connectivity index (χ4v) is 2.57. The number of alkyl halides is 1. The van der Waals surface area contributed by atoms with Gasteiger partial charge >= 0.3 is 0 Å². The fraction of sp³-hybridized carbons (Fsp3) is 0.250. The summed E-state index contributed by atoms with van der Waals surface area (Å²) in [6.07, 6.45) is 0. The Balaban J connectivity index is 2.09. The molecule has 1 nitrogen and oxygen atoms in total. The highest BCUT2D eigenvalue weighted by Gasteiger charge is 2.10. The van der Waals surface area contributed by atoms with Gasteiger partial charge in [-0.15, -0.1) is 0 Å². The topological polar surface area (TPSA) is 3.24 Å². The van der Waals surface area contributed by atoms with Crippen LogP contribution in [0.2, 0.25) is 0 Å². The molecule has 2 aromatic carbocycles. The molecule has 0 aromatic heterocycles. The zero-order chi connectivity index (χ0) is 14.4. The van der Waals surface area contributed by atoms with Crippen molar-refractivity contribution in [1.29, 1.82) is 0 Å². The third-order valence-electron chi connectivity index (χ3n) is 3.06. The molecular weight excluding hydrogens is 324 g/mol. The quantitative estimate of drug-likeness (QED) is 0.706. The smallest absolute Gasteiger partial charge is 0.130 e. The molecule has 2 rings (SSSR count). The summed E-state index contributed by atoms with van der Waals surface area (Å²) in [5.74, 6) is -1.03. The average Bonchev–Trinajstić information content (AvgIpc) is 2.43. The summed E-state index contributed by atoms with van der Waals surface area (Å²) in [6, 6.07) is 13.8. The van der Waals surface area contributed by atoms with Crippen molar-refractivity contribution in [2.24, 2.45) is 0 Å². The Kier molecular flexibility index (Phi) is 5.68. The van der Waals surface area contributed by atoms with E-state index in [1.165, 1.54) is 17.7 Å². The molecule has 0 heterocycles. The number of hydrogen-bond donors (Lipinski definition) is 0. The second-order valence-corrected chi connectivity index (χ2v) is 5.41. The Morgan fingerprint density at radius 3 is 2.35 bits per heavy atom. The van der Waals surface area contributed by atoms with E-state index in [1.807, 2.05) is 30.3 Å².